The van der Waals surface area contributed by atoms with Crippen LogP contribution in [0.4, 0.5) is 0 Å². The van der Waals surface area contributed by atoms with Crippen LogP contribution in [0, 0.1) is 0 Å². The Morgan fingerprint density at radius 1 is 0.391 bits per heavy atom. The third kappa shape index (κ3) is 14.6. The highest BCUT2D eigenvalue weighted by molar-refractivity contribution is 9.10. The van der Waals surface area contributed by atoms with Crippen molar-refractivity contribution < 1.29 is 25.3 Å². The van der Waals surface area contributed by atoms with E-state index in [-0.39, 0.29) is 14.7 Å². The standard InChI is InChI=1S/C22H18BrN3O2S.2C22H18ClN3O2S/c2*1-24-29(27,28)21-9-5-3-7-17(21)16-10-12-19-20(14-16)26-22(25-19)13-11-15-6-2-4-8-18(15)23;1-24-29(27,28)21-5-3-2-4-18(21)16-9-12-19-20(14-16)26-22(25-19)13-8-15-6-10-17(23)11-7-15/h3*2-14,24H,1H3,(H,25,26)/b2*13-11+;13-8+. The van der Waals surface area contributed by atoms with Crippen LogP contribution in [0.3, 0.4) is 0 Å². The number of fused-ring (bicyclic) bond motifs is 3. The summed E-state index contributed by atoms with van der Waals surface area (Å²) in [6.45, 7) is 0. The summed E-state index contributed by atoms with van der Waals surface area (Å²) in [5.74, 6) is 2.13. The van der Waals surface area contributed by atoms with Crippen molar-refractivity contribution in [1.29, 1.82) is 0 Å². The molecular formula is C66H54BrCl2N9O6S3. The molecule has 0 atom stereocenters. The molecule has 12 aromatic rings. The molecule has 3 heterocycles. The first-order valence-corrected chi connectivity index (χ1v) is 32.8. The van der Waals surface area contributed by atoms with E-state index in [1.807, 2.05) is 182 Å². The molecule has 0 fully saturated rings. The van der Waals surface area contributed by atoms with Crippen molar-refractivity contribution in [2.24, 2.45) is 0 Å². The van der Waals surface area contributed by atoms with Crippen molar-refractivity contribution in [3.05, 3.63) is 249 Å². The van der Waals surface area contributed by atoms with E-state index in [0.29, 0.717) is 38.4 Å². The maximum absolute atomic E-state index is 12.4. The lowest BCUT2D eigenvalue weighted by Gasteiger charge is -2.09. The van der Waals surface area contributed by atoms with E-state index in [4.69, 9.17) is 23.2 Å². The number of rotatable bonds is 15. The third-order valence-corrected chi connectivity index (χ3v) is 19.5. The zero-order chi connectivity index (χ0) is 61.3. The highest BCUT2D eigenvalue weighted by Crippen LogP contribution is 2.33. The molecular weight excluding hydrogens is 1260 g/mol. The molecule has 15 nitrogen and oxygen atoms in total. The van der Waals surface area contributed by atoms with Crippen LogP contribution in [0.2, 0.25) is 10.0 Å². The SMILES string of the molecule is CNS(=O)(=O)c1ccccc1-c1ccc2nc(/C=C/c3ccc(Cl)cc3)[nH]c2c1.CNS(=O)(=O)c1ccccc1-c1ccc2nc(/C=C/c3ccccc3Br)[nH]c2c1.CNS(=O)(=O)c1ccccc1-c1ccc2nc(/C=C/c3ccccc3Cl)[nH]c2c1. The minimum absolute atomic E-state index is 0.236. The largest absolute Gasteiger partial charge is 0.338 e. The fourth-order valence-electron chi connectivity index (χ4n) is 9.28. The van der Waals surface area contributed by atoms with Crippen molar-refractivity contribution in [3.8, 4) is 33.4 Å². The van der Waals surface area contributed by atoms with Gasteiger partial charge in [0.15, 0.2) is 0 Å². The normalized spacial score (nSPS) is 12.1. The average Bonchev–Trinajstić information content (AvgIpc) is 2.37. The summed E-state index contributed by atoms with van der Waals surface area (Å²) < 4.78 is 82.3. The molecule has 0 saturated heterocycles. The van der Waals surface area contributed by atoms with Crippen LogP contribution < -0.4 is 14.2 Å². The number of hydrogen-bond acceptors (Lipinski definition) is 9. The predicted octanol–water partition coefficient (Wildman–Crippen LogP) is 15.0. The van der Waals surface area contributed by atoms with Gasteiger partial charge in [-0.25, -0.2) is 54.4 Å². The summed E-state index contributed by atoms with van der Waals surface area (Å²) in [6.07, 6.45) is 11.5. The Balaban J connectivity index is 0.000000144. The van der Waals surface area contributed by atoms with E-state index in [9.17, 15) is 25.3 Å². The first kappa shape index (κ1) is 61.5. The van der Waals surface area contributed by atoms with E-state index >= 15 is 0 Å². The summed E-state index contributed by atoms with van der Waals surface area (Å²) in [4.78, 5) is 24.3. The minimum Gasteiger partial charge on any atom is -0.338 e. The summed E-state index contributed by atoms with van der Waals surface area (Å²) in [5, 5.41) is 1.36. The molecule has 0 saturated carbocycles. The first-order chi connectivity index (χ1) is 41.9. The van der Waals surface area contributed by atoms with Gasteiger partial charge in [0.2, 0.25) is 30.1 Å². The number of halogens is 3. The Morgan fingerprint density at radius 3 is 1.13 bits per heavy atom. The number of aromatic amines is 3. The minimum atomic E-state index is -3.57. The van der Waals surface area contributed by atoms with Gasteiger partial charge in [-0.2, -0.15) is 0 Å². The molecule has 0 aliphatic carbocycles. The van der Waals surface area contributed by atoms with E-state index in [1.54, 1.807) is 54.6 Å². The second-order valence-corrected chi connectivity index (χ2v) is 26.5. The van der Waals surface area contributed by atoms with Crippen LogP contribution in [0.1, 0.15) is 34.2 Å². The van der Waals surface area contributed by atoms with Gasteiger partial charge >= 0.3 is 0 Å². The molecule has 0 spiro atoms. The average molecular weight is 1320 g/mol. The predicted molar refractivity (Wildman–Crippen MR) is 357 cm³/mol. The topological polar surface area (TPSA) is 225 Å². The van der Waals surface area contributed by atoms with Gasteiger partial charge in [0.05, 0.1) is 47.8 Å². The molecule has 21 heteroatoms. The molecule has 0 unspecified atom stereocenters. The molecule has 0 aliphatic rings. The van der Waals surface area contributed by atoms with Gasteiger partial charge < -0.3 is 15.0 Å². The van der Waals surface area contributed by atoms with Gasteiger partial charge in [-0.15, -0.1) is 0 Å². The molecule has 6 N–H and O–H groups in total. The van der Waals surface area contributed by atoms with Gasteiger partial charge in [-0.1, -0.05) is 173 Å². The third-order valence-electron chi connectivity index (χ3n) is 13.7. The van der Waals surface area contributed by atoms with Crippen LogP contribution >= 0.6 is 39.1 Å². The molecule has 0 bridgehead atoms. The smallest absolute Gasteiger partial charge is 0.240 e. The van der Waals surface area contributed by atoms with Crippen LogP contribution in [0.15, 0.2) is 219 Å². The number of hydrogen-bond donors (Lipinski definition) is 6. The molecule has 3 aromatic heterocycles. The number of nitrogens with one attached hydrogen (secondary N) is 6. The Bertz CT molecular complexity index is 4740. The van der Waals surface area contributed by atoms with Gasteiger partial charge in [0.25, 0.3) is 0 Å². The van der Waals surface area contributed by atoms with Crippen molar-refractivity contribution in [3.63, 3.8) is 0 Å². The first-order valence-electron chi connectivity index (χ1n) is 26.8. The molecule has 0 aliphatic heterocycles. The number of H-pyrrole nitrogens is 3. The quantitative estimate of drug-likeness (QED) is 0.0573. The monoisotopic (exact) mass is 1310 g/mol. The van der Waals surface area contributed by atoms with Crippen LogP contribution in [-0.2, 0) is 30.1 Å². The van der Waals surface area contributed by atoms with Crippen LogP contribution in [0.5, 0.6) is 0 Å². The molecule has 0 radical (unpaired) electrons. The summed E-state index contributed by atoms with van der Waals surface area (Å²) in [7, 11) is -6.47. The maximum atomic E-state index is 12.4. The van der Waals surface area contributed by atoms with E-state index in [1.165, 1.54) is 21.1 Å². The second-order valence-electron chi connectivity index (χ2n) is 19.3. The molecule has 438 valence electrons. The Hall–Kier alpha value is -8.60. The number of imidazole rings is 3. The van der Waals surface area contributed by atoms with Crippen LogP contribution in [-0.4, -0.2) is 76.3 Å². The summed E-state index contributed by atoms with van der Waals surface area (Å²) >= 11 is 15.6. The number of nitrogens with zero attached hydrogens (tertiary/aromatic N) is 3. The van der Waals surface area contributed by atoms with Gasteiger partial charge in [0.1, 0.15) is 17.5 Å². The van der Waals surface area contributed by atoms with Crippen molar-refractivity contribution in [2.45, 2.75) is 14.7 Å². The molecule has 87 heavy (non-hydrogen) atoms. The fraction of sp³-hybridized carbons (Fsp3) is 0.0455. The highest BCUT2D eigenvalue weighted by Gasteiger charge is 2.21. The molecule has 9 aromatic carbocycles. The van der Waals surface area contributed by atoms with Crippen molar-refractivity contribution in [1.82, 2.24) is 44.1 Å². The molecule has 12 rings (SSSR count). The lowest BCUT2D eigenvalue weighted by molar-refractivity contribution is 0.587. The molecule has 0 amide bonds. The van der Waals surface area contributed by atoms with E-state index in [0.717, 1.165) is 76.8 Å². The van der Waals surface area contributed by atoms with Gasteiger partial charge in [-0.3, -0.25) is 0 Å². The van der Waals surface area contributed by atoms with Crippen molar-refractivity contribution in [2.75, 3.05) is 21.1 Å². The Labute approximate surface area is 522 Å². The second kappa shape index (κ2) is 27.0. The summed E-state index contributed by atoms with van der Waals surface area (Å²) in [5.41, 5.74) is 12.2. The maximum Gasteiger partial charge on any atom is 0.240 e. The van der Waals surface area contributed by atoms with E-state index < -0.39 is 30.1 Å². The summed E-state index contributed by atoms with van der Waals surface area (Å²) in [6, 6.07) is 60.8. The van der Waals surface area contributed by atoms with Crippen LogP contribution in [0.25, 0.3) is 103 Å². The fourth-order valence-corrected chi connectivity index (χ4v) is 12.9. The zero-order valence-corrected chi connectivity index (χ0v) is 52.2. The number of benzene rings is 9. The lowest BCUT2D eigenvalue weighted by atomic mass is 10.1. The number of sulfonamides is 3. The van der Waals surface area contributed by atoms with Gasteiger partial charge in [-0.05, 0) is 158 Å². The van der Waals surface area contributed by atoms with Crippen molar-refractivity contribution >= 4 is 139 Å². The number of aromatic nitrogens is 6. The Morgan fingerprint density at radius 2 is 0.736 bits per heavy atom. The highest BCUT2D eigenvalue weighted by atomic mass is 79.9. The zero-order valence-electron chi connectivity index (χ0n) is 46.7. The van der Waals surface area contributed by atoms with E-state index in [2.05, 4.69) is 60.0 Å². The Kier molecular flexibility index (Phi) is 19.1. The lowest BCUT2D eigenvalue weighted by Crippen LogP contribution is -2.19. The van der Waals surface area contributed by atoms with Gasteiger partial charge in [0, 0.05) is 31.2 Å².